The maximum Gasteiger partial charge on any atom is 0.149 e. The molecule has 4 nitrogen and oxygen atoms in total. The molecular weight excluding hydrogens is 370 g/mol. The van der Waals surface area contributed by atoms with Crippen LogP contribution in [0.4, 0.5) is 0 Å². The third-order valence-corrected chi connectivity index (χ3v) is 5.67. The van der Waals surface area contributed by atoms with Crippen molar-refractivity contribution in [1.82, 2.24) is 14.5 Å². The third kappa shape index (κ3) is 2.40. The van der Waals surface area contributed by atoms with Crippen molar-refractivity contribution in [3.8, 4) is 17.1 Å². The average Bonchev–Trinajstić information content (AvgIpc) is 3.33. The Labute approximate surface area is 173 Å². The van der Waals surface area contributed by atoms with Crippen LogP contribution in [0.25, 0.3) is 50.0 Å². The van der Waals surface area contributed by atoms with Crippen LogP contribution in [0.15, 0.2) is 83.4 Å². The van der Waals surface area contributed by atoms with Gasteiger partial charge in [0.15, 0.2) is 0 Å². The molecule has 0 saturated heterocycles. The fourth-order valence-corrected chi connectivity index (χ4v) is 4.27. The van der Waals surface area contributed by atoms with Gasteiger partial charge in [0, 0.05) is 22.2 Å². The fraction of sp³-hybridized carbons (Fsp3) is 0.0769. The molecule has 0 aliphatic rings. The molecular formula is C26H19N3O. The zero-order valence-electron chi connectivity index (χ0n) is 16.8. The van der Waals surface area contributed by atoms with Crippen LogP contribution in [0, 0.1) is 13.8 Å². The molecule has 3 aromatic carbocycles. The number of hydrogen-bond donors (Lipinski definition) is 0. The summed E-state index contributed by atoms with van der Waals surface area (Å²) in [5.41, 5.74) is 7.85. The van der Waals surface area contributed by atoms with Gasteiger partial charge in [0.25, 0.3) is 0 Å². The van der Waals surface area contributed by atoms with E-state index in [4.69, 9.17) is 9.40 Å². The minimum atomic E-state index is 0.854. The van der Waals surface area contributed by atoms with Gasteiger partial charge < -0.3 is 4.42 Å². The normalized spacial score (nSPS) is 11.7. The molecule has 0 unspecified atom stereocenters. The molecule has 0 fully saturated rings. The first-order chi connectivity index (χ1) is 14.7. The van der Waals surface area contributed by atoms with Crippen LogP contribution in [-0.4, -0.2) is 14.5 Å². The van der Waals surface area contributed by atoms with Gasteiger partial charge in [-0.2, -0.15) is 0 Å². The standard InChI is InChI=1S/C26H19N3O/c1-16-12-13-20(25-24(16)19-10-6-7-11-23(19)30-25)26-28-21-15-27-17(2)14-22(21)29(26)18-8-4-3-5-9-18/h3-15H,1-2H3. The molecule has 0 aliphatic heterocycles. The largest absolute Gasteiger partial charge is 0.455 e. The lowest BCUT2D eigenvalue weighted by molar-refractivity contribution is 0.669. The molecule has 30 heavy (non-hydrogen) atoms. The van der Waals surface area contributed by atoms with Crippen LogP contribution in [0.1, 0.15) is 11.3 Å². The van der Waals surface area contributed by atoms with Crippen LogP contribution in [0.2, 0.25) is 0 Å². The Hall–Kier alpha value is -3.92. The summed E-state index contributed by atoms with van der Waals surface area (Å²) in [6.07, 6.45) is 1.84. The number of fused-ring (bicyclic) bond motifs is 4. The molecule has 0 amide bonds. The second kappa shape index (κ2) is 6.29. The lowest BCUT2D eigenvalue weighted by Gasteiger charge is -2.10. The predicted molar refractivity (Wildman–Crippen MR) is 121 cm³/mol. The summed E-state index contributed by atoms with van der Waals surface area (Å²) in [4.78, 5) is 9.45. The molecule has 0 saturated carbocycles. The number of hydrogen-bond acceptors (Lipinski definition) is 3. The molecule has 6 rings (SSSR count). The molecule has 3 heterocycles. The molecule has 144 valence electrons. The van der Waals surface area contributed by atoms with Gasteiger partial charge in [-0.05, 0) is 49.7 Å². The van der Waals surface area contributed by atoms with Crippen LogP contribution in [0.3, 0.4) is 0 Å². The first kappa shape index (κ1) is 17.0. The number of pyridine rings is 1. The van der Waals surface area contributed by atoms with Gasteiger partial charge in [0.1, 0.15) is 22.5 Å². The number of para-hydroxylation sites is 2. The first-order valence-electron chi connectivity index (χ1n) is 10.0. The van der Waals surface area contributed by atoms with E-state index in [1.165, 1.54) is 5.56 Å². The van der Waals surface area contributed by atoms with Crippen molar-refractivity contribution in [1.29, 1.82) is 0 Å². The van der Waals surface area contributed by atoms with E-state index in [2.05, 4.69) is 58.9 Å². The summed E-state index contributed by atoms with van der Waals surface area (Å²) in [6.45, 7) is 4.13. The van der Waals surface area contributed by atoms with Crippen molar-refractivity contribution < 1.29 is 4.42 Å². The maximum absolute atomic E-state index is 6.36. The Balaban J connectivity index is 1.76. The Morgan fingerprint density at radius 3 is 2.53 bits per heavy atom. The summed E-state index contributed by atoms with van der Waals surface area (Å²) in [6, 6.07) is 24.9. The highest BCUT2D eigenvalue weighted by atomic mass is 16.3. The summed E-state index contributed by atoms with van der Waals surface area (Å²) in [5, 5.41) is 2.27. The van der Waals surface area contributed by atoms with Crippen LogP contribution < -0.4 is 0 Å². The van der Waals surface area contributed by atoms with Crippen LogP contribution >= 0.6 is 0 Å². The molecule has 0 bridgehead atoms. The Kier molecular flexibility index (Phi) is 3.56. The van der Waals surface area contributed by atoms with Gasteiger partial charge >= 0.3 is 0 Å². The van der Waals surface area contributed by atoms with Crippen LogP contribution in [-0.2, 0) is 0 Å². The number of benzene rings is 3. The van der Waals surface area contributed by atoms with E-state index in [9.17, 15) is 0 Å². The zero-order chi connectivity index (χ0) is 20.2. The van der Waals surface area contributed by atoms with Crippen molar-refractivity contribution in [2.45, 2.75) is 13.8 Å². The number of furan rings is 1. The van der Waals surface area contributed by atoms with Crippen molar-refractivity contribution in [2.75, 3.05) is 0 Å². The molecule has 0 aliphatic carbocycles. The van der Waals surface area contributed by atoms with Crippen molar-refractivity contribution in [3.05, 3.63) is 90.3 Å². The number of nitrogens with zero attached hydrogens (tertiary/aromatic N) is 3. The molecule has 0 atom stereocenters. The van der Waals surface area contributed by atoms with Gasteiger partial charge in [-0.3, -0.25) is 9.55 Å². The SMILES string of the molecule is Cc1cc2c(cn1)nc(-c1ccc(C)c3c1oc1ccccc13)n2-c1ccccc1. The van der Waals surface area contributed by atoms with E-state index in [1.807, 2.05) is 43.5 Å². The lowest BCUT2D eigenvalue weighted by atomic mass is 10.0. The molecule has 6 aromatic rings. The van der Waals surface area contributed by atoms with Crippen molar-refractivity contribution in [3.63, 3.8) is 0 Å². The maximum atomic E-state index is 6.36. The molecule has 3 aromatic heterocycles. The van der Waals surface area contributed by atoms with Gasteiger partial charge in [-0.1, -0.05) is 42.5 Å². The summed E-state index contributed by atoms with van der Waals surface area (Å²) < 4.78 is 8.56. The summed E-state index contributed by atoms with van der Waals surface area (Å²) >= 11 is 0. The van der Waals surface area contributed by atoms with Gasteiger partial charge in [-0.25, -0.2) is 4.98 Å². The number of aromatic nitrogens is 3. The molecule has 4 heteroatoms. The number of imidazole rings is 1. The molecule has 0 N–H and O–H groups in total. The lowest BCUT2D eigenvalue weighted by Crippen LogP contribution is -1.98. The molecule has 0 radical (unpaired) electrons. The topological polar surface area (TPSA) is 43.9 Å². The van der Waals surface area contributed by atoms with E-state index in [0.717, 1.165) is 55.7 Å². The van der Waals surface area contributed by atoms with E-state index in [0.29, 0.717) is 0 Å². The monoisotopic (exact) mass is 389 g/mol. The van der Waals surface area contributed by atoms with Crippen LogP contribution in [0.5, 0.6) is 0 Å². The van der Waals surface area contributed by atoms with E-state index < -0.39 is 0 Å². The number of rotatable bonds is 2. The zero-order valence-corrected chi connectivity index (χ0v) is 16.8. The van der Waals surface area contributed by atoms with Gasteiger partial charge in [0.05, 0.1) is 17.3 Å². The first-order valence-corrected chi connectivity index (χ1v) is 10.0. The smallest absolute Gasteiger partial charge is 0.149 e. The second-order valence-corrected chi connectivity index (χ2v) is 7.65. The number of aryl methyl sites for hydroxylation is 2. The third-order valence-electron chi connectivity index (χ3n) is 5.67. The highest BCUT2D eigenvalue weighted by molar-refractivity contribution is 6.11. The van der Waals surface area contributed by atoms with E-state index in [1.54, 1.807) is 0 Å². The fourth-order valence-electron chi connectivity index (χ4n) is 4.27. The highest BCUT2D eigenvalue weighted by Crippen LogP contribution is 2.39. The average molecular weight is 389 g/mol. The Bertz CT molecular complexity index is 1560. The predicted octanol–water partition coefficient (Wildman–Crippen LogP) is 6.60. The van der Waals surface area contributed by atoms with E-state index >= 15 is 0 Å². The highest BCUT2D eigenvalue weighted by Gasteiger charge is 2.20. The van der Waals surface area contributed by atoms with Gasteiger partial charge in [-0.15, -0.1) is 0 Å². The van der Waals surface area contributed by atoms with Crippen molar-refractivity contribution >= 4 is 33.0 Å². The Morgan fingerprint density at radius 1 is 0.867 bits per heavy atom. The van der Waals surface area contributed by atoms with Gasteiger partial charge in [0.2, 0.25) is 0 Å². The van der Waals surface area contributed by atoms with E-state index in [-0.39, 0.29) is 0 Å². The minimum absolute atomic E-state index is 0.854. The summed E-state index contributed by atoms with van der Waals surface area (Å²) in [7, 11) is 0. The molecule has 0 spiro atoms. The quantitative estimate of drug-likeness (QED) is 0.335. The Morgan fingerprint density at radius 2 is 1.67 bits per heavy atom. The minimum Gasteiger partial charge on any atom is -0.455 e. The van der Waals surface area contributed by atoms with Crippen molar-refractivity contribution in [2.24, 2.45) is 0 Å². The summed E-state index contributed by atoms with van der Waals surface area (Å²) in [5.74, 6) is 0.854. The second-order valence-electron chi connectivity index (χ2n) is 7.65.